The first kappa shape index (κ1) is 17.2. The predicted molar refractivity (Wildman–Crippen MR) is 106 cm³/mol. The Balaban J connectivity index is 1.41. The lowest BCUT2D eigenvalue weighted by atomic mass is 10.0. The molecule has 0 radical (unpaired) electrons. The van der Waals surface area contributed by atoms with E-state index in [1.54, 1.807) is 0 Å². The van der Waals surface area contributed by atoms with Crippen LogP contribution in [0.3, 0.4) is 0 Å². The molecule has 0 aliphatic carbocycles. The van der Waals surface area contributed by atoms with E-state index in [0.29, 0.717) is 18.8 Å². The largest absolute Gasteiger partial charge is 0.337 e. The van der Waals surface area contributed by atoms with E-state index in [0.717, 1.165) is 55.0 Å². The third-order valence-electron chi connectivity index (χ3n) is 5.82. The molecule has 0 saturated carbocycles. The zero-order valence-corrected chi connectivity index (χ0v) is 16.0. The summed E-state index contributed by atoms with van der Waals surface area (Å²) in [6, 6.07) is 10.4. The van der Waals surface area contributed by atoms with Gasteiger partial charge >= 0.3 is 0 Å². The molecular weight excluding hydrogens is 352 g/mol. The number of carbonyl (C=O) groups is 1. The number of nitrogens with zero attached hydrogens (tertiary/aromatic N) is 4. The molecule has 2 N–H and O–H groups in total. The number of hydrogen-bond acceptors (Lipinski definition) is 4. The SMILES string of the molecule is Cn1nc2c(c1-c1ccccc1)CCN(C(=O)c1n[nH]c3c1CCNC3)CC2. The fourth-order valence-electron chi connectivity index (χ4n) is 4.42. The molecule has 5 rings (SSSR count). The number of H-pyrrole nitrogens is 1. The van der Waals surface area contributed by atoms with Gasteiger partial charge in [-0.2, -0.15) is 10.2 Å². The van der Waals surface area contributed by atoms with Crippen molar-refractivity contribution in [3.8, 4) is 11.3 Å². The van der Waals surface area contributed by atoms with Crippen LogP contribution in [0.4, 0.5) is 0 Å². The van der Waals surface area contributed by atoms with Gasteiger partial charge in [0.05, 0.1) is 17.1 Å². The summed E-state index contributed by atoms with van der Waals surface area (Å²) in [6.45, 7) is 3.02. The summed E-state index contributed by atoms with van der Waals surface area (Å²) in [5, 5.41) is 15.5. The summed E-state index contributed by atoms with van der Waals surface area (Å²) in [5.74, 6) is 0.0372. The van der Waals surface area contributed by atoms with Gasteiger partial charge in [-0.25, -0.2) is 0 Å². The maximum atomic E-state index is 13.2. The van der Waals surface area contributed by atoms with Crippen LogP contribution in [0, 0.1) is 0 Å². The maximum absolute atomic E-state index is 13.2. The van der Waals surface area contributed by atoms with Crippen molar-refractivity contribution in [2.24, 2.45) is 7.05 Å². The summed E-state index contributed by atoms with van der Waals surface area (Å²) in [4.78, 5) is 15.1. The van der Waals surface area contributed by atoms with Crippen molar-refractivity contribution in [2.45, 2.75) is 25.8 Å². The van der Waals surface area contributed by atoms with Gasteiger partial charge in [-0.15, -0.1) is 0 Å². The van der Waals surface area contributed by atoms with Crippen molar-refractivity contribution in [2.75, 3.05) is 19.6 Å². The molecule has 1 amide bonds. The van der Waals surface area contributed by atoms with Gasteiger partial charge in [-0.05, 0) is 19.4 Å². The van der Waals surface area contributed by atoms with E-state index in [1.807, 2.05) is 22.7 Å². The van der Waals surface area contributed by atoms with E-state index in [9.17, 15) is 4.79 Å². The number of aromatic nitrogens is 4. The van der Waals surface area contributed by atoms with Crippen LogP contribution >= 0.6 is 0 Å². The number of aromatic amines is 1. The molecule has 4 heterocycles. The quantitative estimate of drug-likeness (QED) is 0.714. The molecule has 7 heteroatoms. The van der Waals surface area contributed by atoms with Gasteiger partial charge in [0.2, 0.25) is 0 Å². The summed E-state index contributed by atoms with van der Waals surface area (Å²) in [5.41, 5.74) is 7.42. The van der Waals surface area contributed by atoms with Crippen LogP contribution in [0.5, 0.6) is 0 Å². The lowest BCUT2D eigenvalue weighted by molar-refractivity contribution is 0.0755. The van der Waals surface area contributed by atoms with Gasteiger partial charge in [0.1, 0.15) is 0 Å². The number of hydrogen-bond donors (Lipinski definition) is 2. The Kier molecular flexibility index (Phi) is 4.24. The zero-order valence-electron chi connectivity index (χ0n) is 16.0. The molecule has 0 atom stereocenters. The van der Waals surface area contributed by atoms with E-state index < -0.39 is 0 Å². The van der Waals surface area contributed by atoms with E-state index >= 15 is 0 Å². The van der Waals surface area contributed by atoms with Crippen molar-refractivity contribution in [1.82, 2.24) is 30.2 Å². The molecule has 0 bridgehead atoms. The maximum Gasteiger partial charge on any atom is 0.274 e. The lowest BCUT2D eigenvalue weighted by Crippen LogP contribution is -2.35. The van der Waals surface area contributed by atoms with Crippen LogP contribution in [0.25, 0.3) is 11.3 Å². The average molecular weight is 376 g/mol. The van der Waals surface area contributed by atoms with Gasteiger partial charge in [-0.1, -0.05) is 30.3 Å². The third-order valence-corrected chi connectivity index (χ3v) is 5.82. The van der Waals surface area contributed by atoms with Gasteiger partial charge in [0.15, 0.2) is 5.69 Å². The molecule has 0 spiro atoms. The highest BCUT2D eigenvalue weighted by molar-refractivity contribution is 5.94. The van der Waals surface area contributed by atoms with E-state index in [4.69, 9.17) is 5.10 Å². The number of fused-ring (bicyclic) bond motifs is 2. The van der Waals surface area contributed by atoms with Crippen LogP contribution in [0.1, 0.15) is 33.0 Å². The minimum Gasteiger partial charge on any atom is -0.337 e. The van der Waals surface area contributed by atoms with E-state index in [-0.39, 0.29) is 5.91 Å². The normalized spacial score (nSPS) is 16.4. The summed E-state index contributed by atoms with van der Waals surface area (Å²) in [6.07, 6.45) is 2.44. The van der Waals surface area contributed by atoms with E-state index in [2.05, 4.69) is 39.8 Å². The predicted octanol–water partition coefficient (Wildman–Crippen LogP) is 1.70. The van der Waals surface area contributed by atoms with Crippen LogP contribution in [0.2, 0.25) is 0 Å². The van der Waals surface area contributed by atoms with Crippen molar-refractivity contribution < 1.29 is 4.79 Å². The van der Waals surface area contributed by atoms with Crippen LogP contribution in [-0.2, 0) is 32.9 Å². The highest BCUT2D eigenvalue weighted by Gasteiger charge is 2.28. The summed E-state index contributed by atoms with van der Waals surface area (Å²) in [7, 11) is 2.00. The molecule has 2 aliphatic rings. The van der Waals surface area contributed by atoms with Crippen LogP contribution in [-0.4, -0.2) is 50.4 Å². The molecule has 3 aromatic rings. The minimum atomic E-state index is 0.0372. The second-order valence-electron chi connectivity index (χ2n) is 7.51. The molecule has 1 aromatic carbocycles. The van der Waals surface area contributed by atoms with Gasteiger partial charge in [0, 0.05) is 49.8 Å². The first-order chi connectivity index (χ1) is 13.7. The molecule has 0 unspecified atom stereocenters. The first-order valence-electron chi connectivity index (χ1n) is 9.88. The Morgan fingerprint density at radius 3 is 2.75 bits per heavy atom. The number of amides is 1. The number of nitrogens with one attached hydrogen (secondary N) is 2. The zero-order chi connectivity index (χ0) is 19.1. The number of carbonyl (C=O) groups excluding carboxylic acids is 1. The van der Waals surface area contributed by atoms with E-state index in [1.165, 1.54) is 11.1 Å². The van der Waals surface area contributed by atoms with Crippen LogP contribution < -0.4 is 5.32 Å². The van der Waals surface area contributed by atoms with Crippen molar-refractivity contribution in [3.63, 3.8) is 0 Å². The molecule has 2 aromatic heterocycles. The second-order valence-corrected chi connectivity index (χ2v) is 7.51. The smallest absolute Gasteiger partial charge is 0.274 e. The van der Waals surface area contributed by atoms with Gasteiger partial charge < -0.3 is 10.2 Å². The Bertz CT molecular complexity index is 1020. The Hall–Kier alpha value is -2.93. The fourth-order valence-corrected chi connectivity index (χ4v) is 4.42. The molecule has 0 saturated heterocycles. The highest BCUT2D eigenvalue weighted by Crippen LogP contribution is 2.29. The van der Waals surface area contributed by atoms with Gasteiger partial charge in [-0.3, -0.25) is 14.6 Å². The van der Waals surface area contributed by atoms with Gasteiger partial charge in [0.25, 0.3) is 5.91 Å². The Morgan fingerprint density at radius 1 is 1.07 bits per heavy atom. The third kappa shape index (κ3) is 2.82. The molecular formula is C21H24N6O. The van der Waals surface area contributed by atoms with Crippen LogP contribution in [0.15, 0.2) is 30.3 Å². The first-order valence-corrected chi connectivity index (χ1v) is 9.88. The molecule has 144 valence electrons. The summed E-state index contributed by atoms with van der Waals surface area (Å²) < 4.78 is 1.98. The fraction of sp³-hybridized carbons (Fsp3) is 0.381. The number of rotatable bonds is 2. The second kappa shape index (κ2) is 6.91. The molecule has 28 heavy (non-hydrogen) atoms. The van der Waals surface area contributed by atoms with Crippen molar-refractivity contribution in [3.05, 3.63) is 58.5 Å². The summed E-state index contributed by atoms with van der Waals surface area (Å²) >= 11 is 0. The monoisotopic (exact) mass is 376 g/mol. The molecule has 7 nitrogen and oxygen atoms in total. The van der Waals surface area contributed by atoms with Crippen molar-refractivity contribution >= 4 is 5.91 Å². The topological polar surface area (TPSA) is 78.8 Å². The Labute approximate surface area is 163 Å². The number of benzene rings is 1. The molecule has 0 fully saturated rings. The van der Waals surface area contributed by atoms with Crippen molar-refractivity contribution in [1.29, 1.82) is 0 Å². The number of aryl methyl sites for hydroxylation is 1. The lowest BCUT2D eigenvalue weighted by Gasteiger charge is -2.21. The standard InChI is InChI=1S/C21H24N6O/c1-26-20(14-5-3-2-4-6-14)16-8-11-27(12-9-17(16)25-26)21(28)19-15-7-10-22-13-18(15)23-24-19/h2-6,22H,7-13H2,1H3,(H,23,24). The molecule has 2 aliphatic heterocycles. The Morgan fingerprint density at radius 2 is 1.89 bits per heavy atom. The highest BCUT2D eigenvalue weighted by atomic mass is 16.2. The minimum absolute atomic E-state index is 0.0372. The average Bonchev–Trinajstić information content (AvgIpc) is 3.22.